The second kappa shape index (κ2) is 14.1. The maximum absolute atomic E-state index is 14.3. The van der Waals surface area contributed by atoms with Gasteiger partial charge in [0.15, 0.2) is 11.6 Å². The van der Waals surface area contributed by atoms with Gasteiger partial charge < -0.3 is 19.3 Å². The number of esters is 1. The van der Waals surface area contributed by atoms with Crippen LogP contribution < -0.4 is 10.2 Å². The Morgan fingerprint density at radius 3 is 2.48 bits per heavy atom. The topological polar surface area (TPSA) is 110 Å². The molecule has 0 aromatic heterocycles. The number of nitrogens with zero attached hydrogens (tertiary/aromatic N) is 2. The molecule has 0 saturated carbocycles. The van der Waals surface area contributed by atoms with Gasteiger partial charge in [-0.3, -0.25) is 15.0 Å². The fourth-order valence-electron chi connectivity index (χ4n) is 4.99. The molecule has 42 heavy (non-hydrogen) atoms. The van der Waals surface area contributed by atoms with Crippen molar-refractivity contribution >= 4 is 41.0 Å². The van der Waals surface area contributed by atoms with Gasteiger partial charge in [-0.1, -0.05) is 35.7 Å². The fourth-order valence-corrected chi connectivity index (χ4v) is 5.50. The SMILES string of the molecule is CC(C)(C)OC(=O)CC[C@]1(C(=O)NN2CCCCC2)N=C(c2ccc(OCCCO)cc2)O[C@H]1c1ccc(Cl)cc1Cl. The first-order chi connectivity index (χ1) is 20.0. The Morgan fingerprint density at radius 1 is 1.12 bits per heavy atom. The monoisotopic (exact) mass is 619 g/mol. The van der Waals surface area contributed by atoms with Crippen LogP contribution in [0.1, 0.15) is 76.5 Å². The number of piperidine rings is 1. The van der Waals surface area contributed by atoms with Gasteiger partial charge in [0.05, 0.1) is 6.61 Å². The Balaban J connectivity index is 1.74. The minimum atomic E-state index is -1.53. The van der Waals surface area contributed by atoms with Crippen molar-refractivity contribution in [1.82, 2.24) is 10.4 Å². The molecule has 2 N–H and O–H groups in total. The number of aliphatic imine (C=N–C) groups is 1. The lowest BCUT2D eigenvalue weighted by Gasteiger charge is -2.35. The average Bonchev–Trinajstić information content (AvgIpc) is 3.33. The van der Waals surface area contributed by atoms with Crippen LogP contribution in [0.5, 0.6) is 5.75 Å². The fraction of sp³-hybridized carbons (Fsp3) is 0.516. The van der Waals surface area contributed by atoms with E-state index in [1.54, 1.807) is 63.2 Å². The number of hydrogen-bond donors (Lipinski definition) is 2. The molecule has 4 rings (SSSR count). The molecule has 0 spiro atoms. The molecule has 1 fully saturated rings. The second-order valence-corrected chi connectivity index (χ2v) is 12.4. The number of aliphatic hydroxyl groups excluding tert-OH is 1. The van der Waals surface area contributed by atoms with Crippen LogP contribution in [0.15, 0.2) is 47.5 Å². The van der Waals surface area contributed by atoms with Gasteiger partial charge in [0, 0.05) is 53.7 Å². The zero-order valence-corrected chi connectivity index (χ0v) is 25.8. The van der Waals surface area contributed by atoms with E-state index >= 15 is 0 Å². The minimum absolute atomic E-state index is 0.0249. The molecule has 2 heterocycles. The number of amides is 1. The van der Waals surface area contributed by atoms with Crippen molar-refractivity contribution in [3.63, 3.8) is 0 Å². The lowest BCUT2D eigenvalue weighted by atomic mass is 9.83. The van der Waals surface area contributed by atoms with Crippen LogP contribution in [0.2, 0.25) is 10.0 Å². The van der Waals surface area contributed by atoms with E-state index in [9.17, 15) is 9.59 Å². The van der Waals surface area contributed by atoms with Gasteiger partial charge in [-0.2, -0.15) is 0 Å². The first-order valence-corrected chi connectivity index (χ1v) is 15.1. The third-order valence-corrected chi connectivity index (χ3v) is 7.58. The number of carbonyl (C=O) groups excluding carboxylic acids is 2. The highest BCUT2D eigenvalue weighted by molar-refractivity contribution is 6.35. The second-order valence-electron chi connectivity index (χ2n) is 11.5. The molecule has 2 aliphatic heterocycles. The molecule has 2 aromatic rings. The molecule has 9 nitrogen and oxygen atoms in total. The van der Waals surface area contributed by atoms with Crippen molar-refractivity contribution in [1.29, 1.82) is 0 Å². The maximum Gasteiger partial charge on any atom is 0.306 e. The van der Waals surface area contributed by atoms with Gasteiger partial charge in [0.2, 0.25) is 5.90 Å². The van der Waals surface area contributed by atoms with Crippen LogP contribution >= 0.6 is 23.2 Å². The first kappa shape index (κ1) is 32.1. The maximum atomic E-state index is 14.3. The van der Waals surface area contributed by atoms with Crippen molar-refractivity contribution in [3.05, 3.63) is 63.6 Å². The summed E-state index contributed by atoms with van der Waals surface area (Å²) < 4.78 is 17.7. The van der Waals surface area contributed by atoms with Crippen LogP contribution in [-0.2, 0) is 19.1 Å². The molecule has 0 aliphatic carbocycles. The number of benzene rings is 2. The van der Waals surface area contributed by atoms with Crippen molar-refractivity contribution in [2.45, 2.75) is 76.5 Å². The Bertz CT molecular complexity index is 1270. The van der Waals surface area contributed by atoms with Gasteiger partial charge >= 0.3 is 5.97 Å². The van der Waals surface area contributed by atoms with Gasteiger partial charge in [-0.25, -0.2) is 10.0 Å². The van der Waals surface area contributed by atoms with Gasteiger partial charge in [-0.05, 0) is 76.4 Å². The smallest absolute Gasteiger partial charge is 0.306 e. The van der Waals surface area contributed by atoms with E-state index in [4.69, 9.17) is 47.5 Å². The van der Waals surface area contributed by atoms with Crippen LogP contribution in [0, 0.1) is 0 Å². The summed E-state index contributed by atoms with van der Waals surface area (Å²) >= 11 is 12.9. The summed E-state index contributed by atoms with van der Waals surface area (Å²) in [6.07, 6.45) is 2.58. The van der Waals surface area contributed by atoms with Crippen LogP contribution in [0.4, 0.5) is 0 Å². The molecule has 1 amide bonds. The Kier molecular flexibility index (Phi) is 10.8. The third kappa shape index (κ3) is 8.16. The largest absolute Gasteiger partial charge is 0.494 e. The number of hydrogen-bond acceptors (Lipinski definition) is 8. The Labute approximate surface area is 257 Å². The molecule has 0 unspecified atom stereocenters. The van der Waals surface area contributed by atoms with Crippen LogP contribution in [0.25, 0.3) is 0 Å². The Hall–Kier alpha value is -2.85. The van der Waals surface area contributed by atoms with E-state index in [-0.39, 0.29) is 31.3 Å². The number of ether oxygens (including phenoxy) is 3. The molecular formula is C31H39Cl2N3O6. The average molecular weight is 621 g/mol. The lowest BCUT2D eigenvalue weighted by molar-refractivity contribution is -0.155. The third-order valence-electron chi connectivity index (χ3n) is 7.02. The van der Waals surface area contributed by atoms with Gasteiger partial charge in [0.25, 0.3) is 5.91 Å². The van der Waals surface area contributed by atoms with E-state index in [1.165, 1.54) is 0 Å². The Morgan fingerprint density at radius 2 is 1.83 bits per heavy atom. The quantitative estimate of drug-likeness (QED) is 0.247. The molecule has 2 atom stereocenters. The predicted octanol–water partition coefficient (Wildman–Crippen LogP) is 5.65. The number of aliphatic hydroxyl groups is 1. The van der Waals surface area contributed by atoms with E-state index in [0.717, 1.165) is 32.4 Å². The highest BCUT2D eigenvalue weighted by Crippen LogP contribution is 2.46. The van der Waals surface area contributed by atoms with E-state index < -0.39 is 23.2 Å². The molecule has 2 aromatic carbocycles. The number of hydrazine groups is 1. The lowest BCUT2D eigenvalue weighted by Crippen LogP contribution is -2.55. The van der Waals surface area contributed by atoms with Crippen molar-refractivity contribution in [2.24, 2.45) is 4.99 Å². The number of nitrogens with one attached hydrogen (secondary N) is 1. The number of halogens is 2. The summed E-state index contributed by atoms with van der Waals surface area (Å²) in [5.41, 5.74) is 2.01. The van der Waals surface area contributed by atoms with Crippen LogP contribution in [0.3, 0.4) is 0 Å². The van der Waals surface area contributed by atoms with E-state index in [0.29, 0.717) is 39.9 Å². The number of rotatable bonds is 11. The highest BCUT2D eigenvalue weighted by Gasteiger charge is 2.54. The van der Waals surface area contributed by atoms with E-state index in [2.05, 4.69) is 5.43 Å². The zero-order chi connectivity index (χ0) is 30.3. The molecule has 0 radical (unpaired) electrons. The van der Waals surface area contributed by atoms with Gasteiger partial charge in [-0.15, -0.1) is 0 Å². The highest BCUT2D eigenvalue weighted by atomic mass is 35.5. The summed E-state index contributed by atoms with van der Waals surface area (Å²) in [4.78, 5) is 32.1. The molecule has 11 heteroatoms. The molecular weight excluding hydrogens is 581 g/mol. The van der Waals surface area contributed by atoms with E-state index in [1.807, 2.05) is 5.01 Å². The molecule has 2 aliphatic rings. The van der Waals surface area contributed by atoms with Crippen molar-refractivity contribution in [3.8, 4) is 5.75 Å². The normalized spacial score (nSPS) is 20.9. The zero-order valence-electron chi connectivity index (χ0n) is 24.3. The van der Waals surface area contributed by atoms with Gasteiger partial charge in [0.1, 0.15) is 11.4 Å². The molecule has 228 valence electrons. The van der Waals surface area contributed by atoms with Crippen molar-refractivity contribution in [2.75, 3.05) is 26.3 Å². The molecule has 1 saturated heterocycles. The predicted molar refractivity (Wildman–Crippen MR) is 162 cm³/mol. The molecule has 0 bridgehead atoms. The minimum Gasteiger partial charge on any atom is -0.494 e. The summed E-state index contributed by atoms with van der Waals surface area (Å²) in [7, 11) is 0. The first-order valence-electron chi connectivity index (χ1n) is 14.3. The summed E-state index contributed by atoms with van der Waals surface area (Å²) in [5, 5.41) is 11.7. The number of carbonyl (C=O) groups is 2. The van der Waals surface area contributed by atoms with Crippen molar-refractivity contribution < 1.29 is 28.9 Å². The summed E-state index contributed by atoms with van der Waals surface area (Å²) in [6, 6.07) is 12.1. The van der Waals surface area contributed by atoms with Crippen LogP contribution in [-0.4, -0.2) is 65.3 Å². The summed E-state index contributed by atoms with van der Waals surface area (Å²) in [6.45, 7) is 7.26. The summed E-state index contributed by atoms with van der Waals surface area (Å²) in [5.74, 6) is 0.0394. The standard InChI is InChI=1S/C31H39Cl2N3O6/c1-30(2,3)42-26(38)14-15-31(29(39)35-36-16-5-4-6-17-36)27(24-13-10-22(32)20-25(24)33)41-28(34-31)21-8-11-23(12-9-21)40-19-7-18-37/h8-13,20,27,37H,4-7,14-19H2,1-3H3,(H,35,39)/t27-,31-/m0/s1.